The van der Waals surface area contributed by atoms with Crippen LogP contribution in [0.4, 0.5) is 5.69 Å². The molecule has 0 bridgehead atoms. The maximum absolute atomic E-state index is 14.1. The third-order valence-corrected chi connectivity index (χ3v) is 14.0. The molecule has 5 heterocycles. The molecule has 2 N–H and O–H groups in total. The zero-order valence-corrected chi connectivity index (χ0v) is 37.7. The standard InChI is InChI=1S/C50H55N7O9/c1-4-31-27-35-36(50(2,3)46-44(45(35)60)33-9-8-30(29-51)26-37(33)52-46)28-39(31)55-15-12-32(13-16-55)54-17-19-56(20-18-54)42(59)14-21-64-22-23-65-24-25-66-40-7-5-6-34-43(40)49(63)57(48(34)62)38-10-11-41(58)53-47(38)61/h5-9,26-28,32,38,52H,4,10-25H2,1-3H3,(H,53,58,61). The van der Waals surface area contributed by atoms with Crippen molar-refractivity contribution in [3.8, 4) is 11.8 Å². The lowest BCUT2D eigenvalue weighted by Crippen LogP contribution is -2.54. The van der Waals surface area contributed by atoms with Crippen molar-refractivity contribution in [1.82, 2.24) is 25.0 Å². The van der Waals surface area contributed by atoms with Gasteiger partial charge in [0.05, 0.1) is 61.2 Å². The molecule has 0 saturated carbocycles. The molecule has 1 atom stereocenters. The van der Waals surface area contributed by atoms with Gasteiger partial charge in [-0.1, -0.05) is 32.9 Å². The number of ether oxygens (including phenoxy) is 3. The lowest BCUT2D eigenvalue weighted by atomic mass is 9.70. The first-order chi connectivity index (χ1) is 31.9. The third kappa shape index (κ3) is 8.24. The molecular weight excluding hydrogens is 843 g/mol. The summed E-state index contributed by atoms with van der Waals surface area (Å²) in [4.78, 5) is 88.9. The summed E-state index contributed by atoms with van der Waals surface area (Å²) < 4.78 is 17.1. The zero-order chi connectivity index (χ0) is 46.3. The number of nitrogens with zero attached hydrogens (tertiary/aromatic N) is 5. The number of imide groups is 2. The van der Waals surface area contributed by atoms with Crippen molar-refractivity contribution in [1.29, 1.82) is 5.26 Å². The average Bonchev–Trinajstić information content (AvgIpc) is 3.84. The molecule has 66 heavy (non-hydrogen) atoms. The number of aromatic amines is 1. The highest BCUT2D eigenvalue weighted by molar-refractivity contribution is 6.24. The monoisotopic (exact) mass is 897 g/mol. The van der Waals surface area contributed by atoms with E-state index in [1.807, 2.05) is 17.0 Å². The first-order valence-corrected chi connectivity index (χ1v) is 23.1. The number of fused-ring (bicyclic) bond motifs is 5. The van der Waals surface area contributed by atoms with Crippen molar-refractivity contribution in [3.05, 3.63) is 93.2 Å². The lowest BCUT2D eigenvalue weighted by molar-refractivity contribution is -0.136. The molecule has 16 heteroatoms. The minimum atomic E-state index is -1.05. The van der Waals surface area contributed by atoms with Crippen LogP contribution in [-0.2, 0) is 35.7 Å². The highest BCUT2D eigenvalue weighted by Gasteiger charge is 2.46. The van der Waals surface area contributed by atoms with E-state index >= 15 is 0 Å². The number of hydrogen-bond acceptors (Lipinski definition) is 12. The summed E-state index contributed by atoms with van der Waals surface area (Å²) in [7, 11) is 0. The number of anilines is 1. The van der Waals surface area contributed by atoms with Crippen molar-refractivity contribution in [3.63, 3.8) is 0 Å². The summed E-state index contributed by atoms with van der Waals surface area (Å²) in [6.45, 7) is 12.5. The molecule has 0 radical (unpaired) electrons. The Morgan fingerprint density at radius 1 is 0.833 bits per heavy atom. The van der Waals surface area contributed by atoms with Gasteiger partial charge >= 0.3 is 0 Å². The van der Waals surface area contributed by atoms with E-state index in [1.54, 1.807) is 18.2 Å². The minimum Gasteiger partial charge on any atom is -0.490 e. The normalized spacial score (nSPS) is 19.8. The Morgan fingerprint density at radius 3 is 2.30 bits per heavy atom. The maximum Gasteiger partial charge on any atom is 0.266 e. The van der Waals surface area contributed by atoms with Crippen LogP contribution in [0.2, 0.25) is 0 Å². The van der Waals surface area contributed by atoms with Gasteiger partial charge < -0.3 is 29.0 Å². The molecule has 4 aliphatic heterocycles. The van der Waals surface area contributed by atoms with E-state index in [0.29, 0.717) is 36.9 Å². The molecule has 0 spiro atoms. The molecule has 9 rings (SSSR count). The van der Waals surface area contributed by atoms with Gasteiger partial charge in [-0.05, 0) is 73.2 Å². The number of amides is 5. The van der Waals surface area contributed by atoms with Gasteiger partial charge in [0.2, 0.25) is 17.7 Å². The zero-order valence-electron chi connectivity index (χ0n) is 37.7. The number of piperazine rings is 1. The molecule has 16 nitrogen and oxygen atoms in total. The number of carbonyl (C=O) groups is 6. The minimum absolute atomic E-state index is 0.0323. The summed E-state index contributed by atoms with van der Waals surface area (Å²) in [6.07, 6.45) is 3.26. The predicted octanol–water partition coefficient (Wildman–Crippen LogP) is 4.49. The topological polar surface area (TPSA) is 195 Å². The molecule has 1 aromatic heterocycles. The number of hydrogen-bond donors (Lipinski definition) is 2. The Morgan fingerprint density at radius 2 is 1.58 bits per heavy atom. The molecular formula is C50H55N7O9. The highest BCUT2D eigenvalue weighted by Crippen LogP contribution is 2.46. The van der Waals surface area contributed by atoms with Crippen LogP contribution in [0, 0.1) is 11.3 Å². The van der Waals surface area contributed by atoms with Gasteiger partial charge in [0.1, 0.15) is 18.4 Å². The van der Waals surface area contributed by atoms with Crippen LogP contribution in [0.25, 0.3) is 10.9 Å². The summed E-state index contributed by atoms with van der Waals surface area (Å²) >= 11 is 0. The highest BCUT2D eigenvalue weighted by atomic mass is 16.5. The second-order valence-corrected chi connectivity index (χ2v) is 18.2. The fourth-order valence-electron chi connectivity index (χ4n) is 10.4. The third-order valence-electron chi connectivity index (χ3n) is 14.0. The van der Waals surface area contributed by atoms with E-state index in [0.717, 1.165) is 78.1 Å². The Balaban J connectivity index is 0.684. The fourth-order valence-corrected chi connectivity index (χ4v) is 10.4. The smallest absolute Gasteiger partial charge is 0.266 e. The molecule has 5 amide bonds. The molecule has 344 valence electrons. The molecule has 3 aromatic carbocycles. The van der Waals surface area contributed by atoms with E-state index < -0.39 is 35.1 Å². The number of carbonyl (C=O) groups excluding carboxylic acids is 6. The molecule has 1 unspecified atom stereocenters. The Labute approximate surface area is 383 Å². The van der Waals surface area contributed by atoms with Gasteiger partial charge in [0.25, 0.3) is 11.8 Å². The number of aryl methyl sites for hydroxylation is 1. The van der Waals surface area contributed by atoms with Gasteiger partial charge in [-0.25, -0.2) is 0 Å². The molecule has 3 fully saturated rings. The van der Waals surface area contributed by atoms with Crippen LogP contribution in [0.1, 0.15) is 112 Å². The lowest BCUT2D eigenvalue weighted by Gasteiger charge is -2.44. The van der Waals surface area contributed by atoms with E-state index in [2.05, 4.69) is 59.1 Å². The number of nitrogens with one attached hydrogen (secondary N) is 2. The van der Waals surface area contributed by atoms with Crippen LogP contribution in [0.15, 0.2) is 48.5 Å². The molecule has 1 aliphatic carbocycles. The number of H-pyrrole nitrogens is 1. The maximum atomic E-state index is 14.1. The quantitative estimate of drug-likeness (QED) is 0.133. The fraction of sp³-hybridized carbons (Fsp3) is 0.460. The van der Waals surface area contributed by atoms with Gasteiger partial charge in [0.15, 0.2) is 5.78 Å². The van der Waals surface area contributed by atoms with Crippen molar-refractivity contribution < 1.29 is 43.0 Å². The number of aromatic nitrogens is 1. The summed E-state index contributed by atoms with van der Waals surface area (Å²) in [5.74, 6) is -2.01. The van der Waals surface area contributed by atoms with Crippen LogP contribution in [-0.4, -0.2) is 139 Å². The predicted molar refractivity (Wildman–Crippen MR) is 243 cm³/mol. The summed E-state index contributed by atoms with van der Waals surface area (Å²) in [5.41, 5.74) is 6.94. The number of nitriles is 1. The second-order valence-electron chi connectivity index (χ2n) is 18.2. The van der Waals surface area contributed by atoms with E-state index in [-0.39, 0.29) is 74.3 Å². The van der Waals surface area contributed by atoms with E-state index in [1.165, 1.54) is 17.3 Å². The Bertz CT molecular complexity index is 2670. The van der Waals surface area contributed by atoms with E-state index in [4.69, 9.17) is 14.2 Å². The van der Waals surface area contributed by atoms with Gasteiger partial charge in [-0.3, -0.25) is 43.9 Å². The summed E-state index contributed by atoms with van der Waals surface area (Å²) in [5, 5.41) is 12.5. The number of piperidine rings is 2. The summed E-state index contributed by atoms with van der Waals surface area (Å²) in [6, 6.07) is 16.2. The van der Waals surface area contributed by atoms with Crippen LogP contribution < -0.4 is 15.0 Å². The van der Waals surface area contributed by atoms with E-state index in [9.17, 15) is 34.0 Å². The van der Waals surface area contributed by atoms with Crippen molar-refractivity contribution in [2.24, 2.45) is 0 Å². The van der Waals surface area contributed by atoms with Crippen LogP contribution >= 0.6 is 0 Å². The SMILES string of the molecule is CCc1cc2c(cc1N1CCC(N3CCN(C(=O)CCOCCOCCOc4cccc5c4C(=O)N(C4CCC(=O)NC4=O)C5=O)CC3)CC1)C(C)(C)c1[nH]c3cc(C#N)ccc3c1C2=O. The van der Waals surface area contributed by atoms with Gasteiger partial charge in [-0.2, -0.15) is 5.26 Å². The largest absolute Gasteiger partial charge is 0.490 e. The molecule has 5 aliphatic rings. The number of ketones is 1. The van der Waals surface area contributed by atoms with Crippen molar-refractivity contribution in [2.75, 3.05) is 77.2 Å². The van der Waals surface area contributed by atoms with Gasteiger partial charge in [-0.15, -0.1) is 0 Å². The second kappa shape index (κ2) is 18.5. The number of benzene rings is 3. The number of rotatable bonds is 14. The molecule has 4 aromatic rings. The van der Waals surface area contributed by atoms with Crippen molar-refractivity contribution in [2.45, 2.75) is 76.8 Å². The Hall–Kier alpha value is -6.41. The molecule has 3 saturated heterocycles. The first kappa shape index (κ1) is 44.8. The van der Waals surface area contributed by atoms with Crippen LogP contribution in [0.3, 0.4) is 0 Å². The van der Waals surface area contributed by atoms with Crippen molar-refractivity contribution >= 4 is 51.9 Å². The average molecular weight is 898 g/mol. The van der Waals surface area contributed by atoms with Gasteiger partial charge in [0, 0.05) is 85.0 Å². The Kier molecular flexibility index (Phi) is 12.5. The first-order valence-electron chi connectivity index (χ1n) is 23.1. The van der Waals surface area contributed by atoms with Crippen LogP contribution in [0.5, 0.6) is 5.75 Å².